The van der Waals surface area contributed by atoms with Crippen molar-refractivity contribution in [2.45, 2.75) is 27.0 Å². The molecule has 0 bridgehead atoms. The van der Waals surface area contributed by atoms with Gasteiger partial charge in [0.05, 0.1) is 19.8 Å². The van der Waals surface area contributed by atoms with Crippen molar-refractivity contribution in [1.29, 1.82) is 0 Å². The first-order valence-corrected chi connectivity index (χ1v) is 6.60. The Morgan fingerprint density at radius 3 is 2.56 bits per heavy atom. The summed E-state index contributed by atoms with van der Waals surface area (Å²) in [4.78, 5) is 0. The zero-order valence-electron chi connectivity index (χ0n) is 11.7. The fourth-order valence-corrected chi connectivity index (χ4v) is 1.66. The molecule has 0 saturated carbocycles. The maximum absolute atomic E-state index is 5.59. The molecule has 1 N–H and O–H groups in total. The van der Waals surface area contributed by atoms with Crippen molar-refractivity contribution >= 4 is 0 Å². The van der Waals surface area contributed by atoms with Crippen molar-refractivity contribution in [3.8, 4) is 0 Å². The van der Waals surface area contributed by atoms with E-state index in [0.717, 1.165) is 13.2 Å². The van der Waals surface area contributed by atoms with Crippen molar-refractivity contribution in [3.05, 3.63) is 35.4 Å². The Kier molecular flexibility index (Phi) is 7.65. The molecule has 0 atom stereocenters. The molecular formula is C15H25NO2. The molecule has 3 nitrogen and oxygen atoms in total. The summed E-state index contributed by atoms with van der Waals surface area (Å²) < 4.78 is 11.0. The third-order valence-electron chi connectivity index (χ3n) is 2.46. The van der Waals surface area contributed by atoms with Gasteiger partial charge in [-0.3, -0.25) is 0 Å². The smallest absolute Gasteiger partial charge is 0.0718 e. The predicted molar refractivity (Wildman–Crippen MR) is 74.5 cm³/mol. The summed E-state index contributed by atoms with van der Waals surface area (Å²) in [6.07, 6.45) is 0. The molecule has 0 heterocycles. The van der Waals surface area contributed by atoms with Gasteiger partial charge in [0.2, 0.25) is 0 Å². The van der Waals surface area contributed by atoms with E-state index in [0.29, 0.717) is 25.7 Å². The summed E-state index contributed by atoms with van der Waals surface area (Å²) in [6, 6.07) is 8.45. The summed E-state index contributed by atoms with van der Waals surface area (Å²) in [7, 11) is 1.95. The van der Waals surface area contributed by atoms with Gasteiger partial charge >= 0.3 is 0 Å². The second kappa shape index (κ2) is 9.09. The summed E-state index contributed by atoms with van der Waals surface area (Å²) in [6.45, 7) is 7.98. The van der Waals surface area contributed by atoms with E-state index in [1.54, 1.807) is 0 Å². The molecule has 0 aromatic heterocycles. The van der Waals surface area contributed by atoms with Crippen LogP contribution in [0.15, 0.2) is 24.3 Å². The zero-order chi connectivity index (χ0) is 13.2. The highest BCUT2D eigenvalue weighted by Crippen LogP contribution is 2.06. The molecule has 0 amide bonds. The molecule has 0 spiro atoms. The monoisotopic (exact) mass is 251 g/mol. The van der Waals surface area contributed by atoms with Crippen LogP contribution < -0.4 is 5.32 Å². The van der Waals surface area contributed by atoms with Gasteiger partial charge in [-0.05, 0) is 24.1 Å². The SMILES string of the molecule is CNCc1cccc(COCCOCC(C)C)c1. The van der Waals surface area contributed by atoms with Gasteiger partial charge in [0.25, 0.3) is 0 Å². The largest absolute Gasteiger partial charge is 0.379 e. The van der Waals surface area contributed by atoms with Gasteiger partial charge < -0.3 is 14.8 Å². The van der Waals surface area contributed by atoms with Gasteiger partial charge in [-0.25, -0.2) is 0 Å². The Morgan fingerprint density at radius 1 is 1.11 bits per heavy atom. The van der Waals surface area contributed by atoms with Crippen LogP contribution in [0.5, 0.6) is 0 Å². The molecule has 0 aliphatic carbocycles. The number of nitrogens with one attached hydrogen (secondary N) is 1. The molecule has 1 rings (SSSR count). The van der Waals surface area contributed by atoms with Crippen molar-refractivity contribution in [2.24, 2.45) is 5.92 Å². The normalized spacial score (nSPS) is 11.1. The van der Waals surface area contributed by atoms with Crippen molar-refractivity contribution in [1.82, 2.24) is 5.32 Å². The number of hydrogen-bond acceptors (Lipinski definition) is 3. The summed E-state index contributed by atoms with van der Waals surface area (Å²) in [5.74, 6) is 0.586. The third-order valence-corrected chi connectivity index (χ3v) is 2.46. The van der Waals surface area contributed by atoms with Crippen molar-refractivity contribution < 1.29 is 9.47 Å². The molecule has 0 aliphatic heterocycles. The van der Waals surface area contributed by atoms with E-state index in [9.17, 15) is 0 Å². The molecule has 1 aromatic carbocycles. The van der Waals surface area contributed by atoms with Crippen LogP contribution in [0, 0.1) is 5.92 Å². The lowest BCUT2D eigenvalue weighted by molar-refractivity contribution is 0.0314. The van der Waals surface area contributed by atoms with Crippen LogP contribution in [0.4, 0.5) is 0 Å². The Hall–Kier alpha value is -0.900. The van der Waals surface area contributed by atoms with Gasteiger partial charge in [-0.1, -0.05) is 38.1 Å². The number of hydrogen-bond donors (Lipinski definition) is 1. The molecule has 1 aromatic rings. The number of ether oxygens (including phenoxy) is 2. The first kappa shape index (κ1) is 15.2. The fraction of sp³-hybridized carbons (Fsp3) is 0.600. The van der Waals surface area contributed by atoms with Gasteiger partial charge in [-0.2, -0.15) is 0 Å². The number of benzene rings is 1. The summed E-state index contributed by atoms with van der Waals surface area (Å²) in [5, 5.41) is 3.14. The molecular weight excluding hydrogens is 226 g/mol. The molecule has 102 valence electrons. The van der Waals surface area contributed by atoms with Crippen molar-refractivity contribution in [2.75, 3.05) is 26.9 Å². The van der Waals surface area contributed by atoms with Crippen LogP contribution in [0.3, 0.4) is 0 Å². The molecule has 0 radical (unpaired) electrons. The summed E-state index contributed by atoms with van der Waals surface area (Å²) >= 11 is 0. The third kappa shape index (κ3) is 6.74. The van der Waals surface area contributed by atoms with Crippen LogP contribution >= 0.6 is 0 Å². The molecule has 0 unspecified atom stereocenters. The van der Waals surface area contributed by atoms with Crippen LogP contribution in [0.2, 0.25) is 0 Å². The minimum atomic E-state index is 0.586. The van der Waals surface area contributed by atoms with Gasteiger partial charge in [-0.15, -0.1) is 0 Å². The van der Waals surface area contributed by atoms with Crippen LogP contribution in [-0.2, 0) is 22.6 Å². The second-order valence-electron chi connectivity index (χ2n) is 4.87. The first-order chi connectivity index (χ1) is 8.72. The summed E-state index contributed by atoms with van der Waals surface area (Å²) in [5.41, 5.74) is 2.50. The lowest BCUT2D eigenvalue weighted by atomic mass is 10.1. The number of rotatable bonds is 9. The second-order valence-corrected chi connectivity index (χ2v) is 4.87. The highest BCUT2D eigenvalue weighted by molar-refractivity contribution is 5.22. The highest BCUT2D eigenvalue weighted by atomic mass is 16.5. The lowest BCUT2D eigenvalue weighted by Gasteiger charge is -2.08. The zero-order valence-corrected chi connectivity index (χ0v) is 11.7. The predicted octanol–water partition coefficient (Wildman–Crippen LogP) is 2.60. The van der Waals surface area contributed by atoms with E-state index in [4.69, 9.17) is 9.47 Å². The van der Waals surface area contributed by atoms with Crippen LogP contribution in [0.25, 0.3) is 0 Å². The average Bonchev–Trinajstić information content (AvgIpc) is 2.34. The molecule has 0 aliphatic rings. The van der Waals surface area contributed by atoms with Gasteiger partial charge in [0.1, 0.15) is 0 Å². The minimum absolute atomic E-state index is 0.586. The maximum Gasteiger partial charge on any atom is 0.0718 e. The highest BCUT2D eigenvalue weighted by Gasteiger charge is 1.97. The van der Waals surface area contributed by atoms with Crippen LogP contribution in [0.1, 0.15) is 25.0 Å². The Balaban J connectivity index is 2.16. The topological polar surface area (TPSA) is 30.5 Å². The van der Waals surface area contributed by atoms with Gasteiger partial charge in [0.15, 0.2) is 0 Å². The maximum atomic E-state index is 5.59. The quantitative estimate of drug-likeness (QED) is 0.684. The minimum Gasteiger partial charge on any atom is -0.379 e. The van der Waals surface area contributed by atoms with E-state index in [2.05, 4.69) is 43.4 Å². The molecule has 0 fully saturated rings. The lowest BCUT2D eigenvalue weighted by Crippen LogP contribution is -2.09. The van der Waals surface area contributed by atoms with E-state index < -0.39 is 0 Å². The van der Waals surface area contributed by atoms with Crippen molar-refractivity contribution in [3.63, 3.8) is 0 Å². The standard InChI is InChI=1S/C15H25NO2/c1-13(2)11-17-7-8-18-12-15-6-4-5-14(9-15)10-16-3/h4-6,9,13,16H,7-8,10-12H2,1-3H3. The molecule has 3 heteroatoms. The average molecular weight is 251 g/mol. The first-order valence-electron chi connectivity index (χ1n) is 6.60. The van der Waals surface area contributed by atoms with E-state index in [1.165, 1.54) is 11.1 Å². The molecule has 0 saturated heterocycles. The van der Waals surface area contributed by atoms with E-state index in [-0.39, 0.29) is 0 Å². The Morgan fingerprint density at radius 2 is 1.83 bits per heavy atom. The Labute approximate surface area is 110 Å². The Bertz CT molecular complexity index is 326. The van der Waals surface area contributed by atoms with Crippen LogP contribution in [-0.4, -0.2) is 26.9 Å². The molecule has 18 heavy (non-hydrogen) atoms. The van der Waals surface area contributed by atoms with Gasteiger partial charge in [0, 0.05) is 13.2 Å². The van der Waals surface area contributed by atoms with E-state index >= 15 is 0 Å². The van der Waals surface area contributed by atoms with E-state index in [1.807, 2.05) is 7.05 Å². The fourth-order valence-electron chi connectivity index (χ4n) is 1.66.